The third-order valence-corrected chi connectivity index (χ3v) is 3.37. The fourth-order valence-electron chi connectivity index (χ4n) is 1.99. The Bertz CT molecular complexity index is 695. The van der Waals surface area contributed by atoms with Crippen LogP contribution >= 0.6 is 11.6 Å². The Morgan fingerprint density at radius 2 is 2.00 bits per heavy atom. The van der Waals surface area contributed by atoms with Gasteiger partial charge in [-0.25, -0.2) is 0 Å². The van der Waals surface area contributed by atoms with E-state index in [0.29, 0.717) is 23.8 Å². The molecule has 0 saturated carbocycles. The van der Waals surface area contributed by atoms with E-state index in [1.54, 1.807) is 36.4 Å². The van der Waals surface area contributed by atoms with E-state index in [-0.39, 0.29) is 11.6 Å². The van der Waals surface area contributed by atoms with Crippen molar-refractivity contribution in [3.63, 3.8) is 0 Å². The third kappa shape index (κ3) is 4.21. The highest BCUT2D eigenvalue weighted by Crippen LogP contribution is 2.23. The number of nitrogens with zero attached hydrogens (tertiary/aromatic N) is 2. The third-order valence-electron chi connectivity index (χ3n) is 3.13. The highest BCUT2D eigenvalue weighted by molar-refractivity contribution is 6.30. The van der Waals surface area contributed by atoms with E-state index in [1.165, 1.54) is 12.1 Å². The van der Waals surface area contributed by atoms with Crippen LogP contribution in [0.1, 0.15) is 17.9 Å². The highest BCUT2D eigenvalue weighted by Gasteiger charge is 2.13. The maximum Gasteiger partial charge on any atom is 0.269 e. The van der Waals surface area contributed by atoms with Gasteiger partial charge in [-0.05, 0) is 23.8 Å². The summed E-state index contributed by atoms with van der Waals surface area (Å²) >= 11 is 5.86. The molecule has 1 atom stereocenters. The van der Waals surface area contributed by atoms with E-state index >= 15 is 0 Å². The number of nitriles is 1. The van der Waals surface area contributed by atoms with Crippen LogP contribution < -0.4 is 4.74 Å². The summed E-state index contributed by atoms with van der Waals surface area (Å²) < 4.78 is 5.56. The van der Waals surface area contributed by atoms with Crippen molar-refractivity contribution < 1.29 is 9.66 Å². The maximum absolute atomic E-state index is 10.6. The summed E-state index contributed by atoms with van der Waals surface area (Å²) in [7, 11) is 0. The molecule has 6 heteroatoms. The largest absolute Gasteiger partial charge is 0.493 e. The Balaban J connectivity index is 1.95. The molecule has 2 aromatic carbocycles. The summed E-state index contributed by atoms with van der Waals surface area (Å²) in [5, 5.41) is 20.4. The zero-order chi connectivity index (χ0) is 15.9. The summed E-state index contributed by atoms with van der Waals surface area (Å²) in [5.74, 6) is 0.271. The summed E-state index contributed by atoms with van der Waals surface area (Å²) in [6.07, 6.45) is 0.487. The lowest BCUT2D eigenvalue weighted by Gasteiger charge is -2.11. The normalized spacial score (nSPS) is 11.5. The fraction of sp³-hybridized carbons (Fsp3) is 0.188. The first-order valence-electron chi connectivity index (χ1n) is 6.62. The second kappa shape index (κ2) is 7.43. The average molecular weight is 317 g/mol. The molecular formula is C16H13ClN2O3. The van der Waals surface area contributed by atoms with E-state index in [2.05, 4.69) is 6.07 Å². The van der Waals surface area contributed by atoms with E-state index in [1.807, 2.05) is 0 Å². The molecular weight excluding hydrogens is 304 g/mol. The number of hydrogen-bond donors (Lipinski definition) is 0. The van der Waals surface area contributed by atoms with Crippen LogP contribution in [-0.2, 0) is 0 Å². The summed E-state index contributed by atoms with van der Waals surface area (Å²) in [4.78, 5) is 10.2. The number of nitro benzene ring substituents is 1. The molecule has 0 radical (unpaired) electrons. The van der Waals surface area contributed by atoms with Crippen molar-refractivity contribution in [2.45, 2.75) is 12.3 Å². The first-order chi connectivity index (χ1) is 10.6. The van der Waals surface area contributed by atoms with Crippen LogP contribution in [-0.4, -0.2) is 11.5 Å². The van der Waals surface area contributed by atoms with Crippen LogP contribution in [0.4, 0.5) is 5.69 Å². The van der Waals surface area contributed by atoms with E-state index in [9.17, 15) is 15.4 Å². The van der Waals surface area contributed by atoms with Crippen LogP contribution in [0, 0.1) is 21.4 Å². The standard InChI is InChI=1S/C16H13ClN2O3/c17-14-2-1-3-16(10-14)22-9-8-13(11-18)12-4-6-15(7-5-12)19(20)21/h1-7,10,13H,8-9H2. The van der Waals surface area contributed by atoms with Gasteiger partial charge in [-0.15, -0.1) is 0 Å². The monoisotopic (exact) mass is 316 g/mol. The molecule has 0 amide bonds. The van der Waals surface area contributed by atoms with Crippen LogP contribution in [0.2, 0.25) is 5.02 Å². The molecule has 1 unspecified atom stereocenters. The molecule has 0 fully saturated rings. The molecule has 2 aromatic rings. The van der Waals surface area contributed by atoms with Gasteiger partial charge in [-0.3, -0.25) is 10.1 Å². The van der Waals surface area contributed by atoms with Gasteiger partial charge in [0, 0.05) is 23.6 Å². The zero-order valence-corrected chi connectivity index (χ0v) is 12.4. The number of ether oxygens (including phenoxy) is 1. The summed E-state index contributed by atoms with van der Waals surface area (Å²) in [6, 6.07) is 15.2. The zero-order valence-electron chi connectivity index (χ0n) is 11.6. The lowest BCUT2D eigenvalue weighted by atomic mass is 9.97. The molecule has 0 N–H and O–H groups in total. The van der Waals surface area contributed by atoms with Crippen molar-refractivity contribution in [2.75, 3.05) is 6.61 Å². The Morgan fingerprint density at radius 3 is 2.59 bits per heavy atom. The minimum Gasteiger partial charge on any atom is -0.493 e. The Morgan fingerprint density at radius 1 is 1.27 bits per heavy atom. The quantitative estimate of drug-likeness (QED) is 0.587. The van der Waals surface area contributed by atoms with Crippen LogP contribution in [0.25, 0.3) is 0 Å². The number of halogens is 1. The predicted molar refractivity (Wildman–Crippen MR) is 83.0 cm³/mol. The number of nitro groups is 1. The number of rotatable bonds is 6. The van der Waals surface area contributed by atoms with Crippen LogP contribution in [0.15, 0.2) is 48.5 Å². The Labute approximate surface area is 132 Å². The fourth-order valence-corrected chi connectivity index (χ4v) is 2.17. The highest BCUT2D eigenvalue weighted by atomic mass is 35.5. The SMILES string of the molecule is N#CC(CCOc1cccc(Cl)c1)c1ccc([N+](=O)[O-])cc1. The molecule has 5 nitrogen and oxygen atoms in total. The lowest BCUT2D eigenvalue weighted by molar-refractivity contribution is -0.384. The van der Waals surface area contributed by atoms with Crippen molar-refractivity contribution in [1.82, 2.24) is 0 Å². The number of benzene rings is 2. The molecule has 22 heavy (non-hydrogen) atoms. The van der Waals surface area contributed by atoms with Gasteiger partial charge in [-0.1, -0.05) is 29.8 Å². The molecule has 0 saturated heterocycles. The second-order valence-electron chi connectivity index (χ2n) is 4.62. The van der Waals surface area contributed by atoms with Crippen molar-refractivity contribution >= 4 is 17.3 Å². The minimum atomic E-state index is -0.465. The van der Waals surface area contributed by atoms with Gasteiger partial charge < -0.3 is 4.74 Å². The second-order valence-corrected chi connectivity index (χ2v) is 5.06. The van der Waals surface area contributed by atoms with Gasteiger partial charge in [0.2, 0.25) is 0 Å². The van der Waals surface area contributed by atoms with E-state index in [4.69, 9.17) is 16.3 Å². The molecule has 0 bridgehead atoms. The Hall–Kier alpha value is -2.58. The van der Waals surface area contributed by atoms with Crippen molar-refractivity contribution in [1.29, 1.82) is 5.26 Å². The molecule has 2 rings (SSSR count). The molecule has 0 spiro atoms. The maximum atomic E-state index is 10.6. The van der Waals surface area contributed by atoms with Crippen molar-refractivity contribution in [3.05, 3.63) is 69.2 Å². The molecule has 0 aliphatic rings. The van der Waals surface area contributed by atoms with E-state index in [0.717, 1.165) is 5.56 Å². The summed E-state index contributed by atoms with van der Waals surface area (Å²) in [5.41, 5.74) is 0.749. The number of non-ortho nitro benzene ring substituents is 1. The first-order valence-corrected chi connectivity index (χ1v) is 7.00. The topological polar surface area (TPSA) is 76.2 Å². The lowest BCUT2D eigenvalue weighted by Crippen LogP contribution is -2.04. The van der Waals surface area contributed by atoms with Crippen molar-refractivity contribution in [2.24, 2.45) is 0 Å². The van der Waals surface area contributed by atoms with Gasteiger partial charge in [0.05, 0.1) is 23.5 Å². The smallest absolute Gasteiger partial charge is 0.269 e. The minimum absolute atomic E-state index is 0.00983. The van der Waals surface area contributed by atoms with Gasteiger partial charge in [0.15, 0.2) is 0 Å². The molecule has 112 valence electrons. The van der Waals surface area contributed by atoms with Crippen molar-refractivity contribution in [3.8, 4) is 11.8 Å². The molecule has 0 aliphatic carbocycles. The van der Waals surface area contributed by atoms with Gasteiger partial charge in [-0.2, -0.15) is 5.26 Å². The Kier molecular flexibility index (Phi) is 5.34. The number of hydrogen-bond acceptors (Lipinski definition) is 4. The van der Waals surface area contributed by atoms with E-state index < -0.39 is 4.92 Å². The molecule has 0 aromatic heterocycles. The predicted octanol–water partition coefficient (Wildman–Crippen LogP) is 4.32. The van der Waals surface area contributed by atoms with Gasteiger partial charge >= 0.3 is 0 Å². The first kappa shape index (κ1) is 15.8. The van der Waals surface area contributed by atoms with Gasteiger partial charge in [0.1, 0.15) is 5.75 Å². The molecule has 0 aliphatic heterocycles. The van der Waals surface area contributed by atoms with Gasteiger partial charge in [0.25, 0.3) is 5.69 Å². The molecule has 0 heterocycles. The average Bonchev–Trinajstić information content (AvgIpc) is 2.52. The summed E-state index contributed by atoms with van der Waals surface area (Å²) in [6.45, 7) is 0.357. The van der Waals surface area contributed by atoms with Crippen LogP contribution in [0.3, 0.4) is 0 Å². The van der Waals surface area contributed by atoms with Crippen LogP contribution in [0.5, 0.6) is 5.75 Å².